The Labute approximate surface area is 125 Å². The Morgan fingerprint density at radius 3 is 2.24 bits per heavy atom. The molecule has 1 amide bonds. The summed E-state index contributed by atoms with van der Waals surface area (Å²) in [6.07, 6.45) is 7.50. The molecule has 0 heterocycles. The maximum atomic E-state index is 12.5. The number of carbonyl (C=O) groups excluding carboxylic acids is 1. The Bertz CT molecular complexity index is 464. The van der Waals surface area contributed by atoms with Gasteiger partial charge in [0.15, 0.2) is 0 Å². The zero-order valence-electron chi connectivity index (χ0n) is 12.3. The summed E-state index contributed by atoms with van der Waals surface area (Å²) in [7, 11) is 0. The lowest BCUT2D eigenvalue weighted by Gasteiger charge is -2.23. The van der Waals surface area contributed by atoms with E-state index in [0.717, 1.165) is 12.8 Å². The van der Waals surface area contributed by atoms with Crippen LogP contribution in [0.4, 0.5) is 5.69 Å². The van der Waals surface area contributed by atoms with Gasteiger partial charge in [-0.1, -0.05) is 43.9 Å². The minimum Gasteiger partial charge on any atom is -0.480 e. The van der Waals surface area contributed by atoms with Crippen LogP contribution in [-0.4, -0.2) is 23.5 Å². The zero-order chi connectivity index (χ0) is 15.1. The Hall–Kier alpha value is -1.84. The first-order valence-corrected chi connectivity index (χ1v) is 7.74. The second kappa shape index (κ2) is 7.81. The van der Waals surface area contributed by atoms with E-state index in [4.69, 9.17) is 5.11 Å². The van der Waals surface area contributed by atoms with E-state index in [1.807, 2.05) is 18.2 Å². The zero-order valence-corrected chi connectivity index (χ0v) is 12.3. The van der Waals surface area contributed by atoms with Gasteiger partial charge >= 0.3 is 5.97 Å². The van der Waals surface area contributed by atoms with E-state index < -0.39 is 5.97 Å². The first-order chi connectivity index (χ1) is 10.2. The number of carbonyl (C=O) groups is 2. The molecule has 1 fully saturated rings. The van der Waals surface area contributed by atoms with Crippen LogP contribution < -0.4 is 4.90 Å². The number of benzene rings is 1. The quantitative estimate of drug-likeness (QED) is 0.844. The average molecular weight is 289 g/mol. The Morgan fingerprint density at radius 2 is 1.67 bits per heavy atom. The highest BCUT2D eigenvalue weighted by atomic mass is 16.4. The van der Waals surface area contributed by atoms with E-state index in [9.17, 15) is 9.59 Å². The molecule has 0 unspecified atom stereocenters. The van der Waals surface area contributed by atoms with Crippen molar-refractivity contribution in [1.29, 1.82) is 0 Å². The molecule has 1 N–H and O–H groups in total. The molecule has 21 heavy (non-hydrogen) atoms. The summed E-state index contributed by atoms with van der Waals surface area (Å²) in [6, 6.07) is 9.08. The van der Waals surface area contributed by atoms with E-state index in [1.165, 1.54) is 30.6 Å². The highest BCUT2D eigenvalue weighted by molar-refractivity contribution is 5.97. The second-order valence-electron chi connectivity index (χ2n) is 5.77. The van der Waals surface area contributed by atoms with Crippen LogP contribution in [0.5, 0.6) is 0 Å². The lowest BCUT2D eigenvalue weighted by atomic mass is 9.96. The summed E-state index contributed by atoms with van der Waals surface area (Å²) < 4.78 is 0. The van der Waals surface area contributed by atoms with Gasteiger partial charge in [0.25, 0.3) is 0 Å². The summed E-state index contributed by atoms with van der Waals surface area (Å²) >= 11 is 0. The van der Waals surface area contributed by atoms with Gasteiger partial charge in [-0.3, -0.25) is 9.59 Å². The molecule has 1 aromatic carbocycles. The Morgan fingerprint density at radius 1 is 1.05 bits per heavy atom. The lowest BCUT2D eigenvalue weighted by molar-refractivity contribution is -0.136. The minimum atomic E-state index is -0.979. The fourth-order valence-corrected chi connectivity index (χ4v) is 2.99. The highest BCUT2D eigenvalue weighted by Crippen LogP contribution is 2.27. The van der Waals surface area contributed by atoms with Crippen molar-refractivity contribution in [2.45, 2.75) is 44.9 Å². The van der Waals surface area contributed by atoms with E-state index in [2.05, 4.69) is 0 Å². The fourth-order valence-electron chi connectivity index (χ4n) is 2.99. The Kier molecular flexibility index (Phi) is 5.78. The molecular formula is C17H23NO3. The number of carboxylic acid groups (broad SMARTS) is 1. The van der Waals surface area contributed by atoms with Crippen molar-refractivity contribution in [3.8, 4) is 0 Å². The summed E-state index contributed by atoms with van der Waals surface area (Å²) in [4.78, 5) is 25.0. The monoisotopic (exact) mass is 289 g/mol. The molecule has 114 valence electrons. The number of para-hydroxylation sites is 1. The molecule has 1 aliphatic rings. The van der Waals surface area contributed by atoms with E-state index in [-0.39, 0.29) is 12.5 Å². The van der Waals surface area contributed by atoms with Crippen LogP contribution in [-0.2, 0) is 9.59 Å². The summed E-state index contributed by atoms with van der Waals surface area (Å²) in [5.74, 6) is -0.649. The van der Waals surface area contributed by atoms with Crippen LogP contribution in [0.2, 0.25) is 0 Å². The molecule has 0 saturated heterocycles. The normalized spacial score (nSPS) is 16.2. The average Bonchev–Trinajstić information content (AvgIpc) is 2.74. The predicted molar refractivity (Wildman–Crippen MR) is 82.2 cm³/mol. The standard InChI is InChI=1S/C17H23NO3/c19-16(12-14-8-4-1-2-5-9-14)18(13-17(20)21)15-10-6-3-7-11-15/h3,6-7,10-11,14H,1-2,4-5,8-9,12-13H2,(H,20,21). The third kappa shape index (κ3) is 4.88. The SMILES string of the molecule is O=C(O)CN(C(=O)CC1CCCCCC1)c1ccccc1. The maximum absolute atomic E-state index is 12.5. The van der Waals surface area contributed by atoms with Crippen molar-refractivity contribution in [2.24, 2.45) is 5.92 Å². The number of nitrogens with zero attached hydrogens (tertiary/aromatic N) is 1. The van der Waals surface area contributed by atoms with Crippen molar-refractivity contribution in [1.82, 2.24) is 0 Å². The molecule has 1 saturated carbocycles. The molecule has 2 rings (SSSR count). The number of anilines is 1. The maximum Gasteiger partial charge on any atom is 0.323 e. The molecule has 4 nitrogen and oxygen atoms in total. The van der Waals surface area contributed by atoms with Crippen LogP contribution in [0.25, 0.3) is 0 Å². The van der Waals surface area contributed by atoms with Crippen LogP contribution >= 0.6 is 0 Å². The van der Waals surface area contributed by atoms with Crippen LogP contribution in [0, 0.1) is 5.92 Å². The van der Waals surface area contributed by atoms with Gasteiger partial charge in [0, 0.05) is 12.1 Å². The largest absolute Gasteiger partial charge is 0.480 e. The van der Waals surface area contributed by atoms with Crippen LogP contribution in [0.1, 0.15) is 44.9 Å². The van der Waals surface area contributed by atoms with E-state index in [1.54, 1.807) is 12.1 Å². The van der Waals surface area contributed by atoms with Gasteiger partial charge in [-0.15, -0.1) is 0 Å². The number of hydrogen-bond acceptors (Lipinski definition) is 2. The molecule has 0 radical (unpaired) electrons. The van der Waals surface area contributed by atoms with Gasteiger partial charge in [0.2, 0.25) is 5.91 Å². The predicted octanol–water partition coefficient (Wildman–Crippen LogP) is 3.46. The molecule has 1 aromatic rings. The third-order valence-corrected chi connectivity index (χ3v) is 4.10. The van der Waals surface area contributed by atoms with Crippen LogP contribution in [0.15, 0.2) is 30.3 Å². The molecular weight excluding hydrogens is 266 g/mol. The van der Waals surface area contributed by atoms with E-state index >= 15 is 0 Å². The molecule has 4 heteroatoms. The van der Waals surface area contributed by atoms with Gasteiger partial charge < -0.3 is 10.0 Å². The first kappa shape index (κ1) is 15.5. The van der Waals surface area contributed by atoms with Gasteiger partial charge in [-0.2, -0.15) is 0 Å². The third-order valence-electron chi connectivity index (χ3n) is 4.10. The Balaban J connectivity index is 2.05. The molecule has 1 aliphatic carbocycles. The summed E-state index contributed by atoms with van der Waals surface area (Å²) in [6.45, 7) is -0.268. The molecule has 0 bridgehead atoms. The summed E-state index contributed by atoms with van der Waals surface area (Å²) in [5, 5.41) is 9.05. The number of rotatable bonds is 5. The topological polar surface area (TPSA) is 57.6 Å². The van der Waals surface area contributed by atoms with Gasteiger partial charge in [-0.05, 0) is 30.9 Å². The molecule has 0 spiro atoms. The highest BCUT2D eigenvalue weighted by Gasteiger charge is 2.23. The van der Waals surface area contributed by atoms with Crippen molar-refractivity contribution < 1.29 is 14.7 Å². The van der Waals surface area contributed by atoms with Crippen LogP contribution in [0.3, 0.4) is 0 Å². The minimum absolute atomic E-state index is 0.0736. The van der Waals surface area contributed by atoms with E-state index in [0.29, 0.717) is 18.0 Å². The second-order valence-corrected chi connectivity index (χ2v) is 5.77. The smallest absolute Gasteiger partial charge is 0.323 e. The molecule has 0 aliphatic heterocycles. The van der Waals surface area contributed by atoms with Crippen molar-refractivity contribution in [2.75, 3.05) is 11.4 Å². The van der Waals surface area contributed by atoms with Crippen molar-refractivity contribution in [3.05, 3.63) is 30.3 Å². The molecule has 0 atom stereocenters. The number of aliphatic carboxylic acids is 1. The number of amides is 1. The number of hydrogen-bond donors (Lipinski definition) is 1. The first-order valence-electron chi connectivity index (χ1n) is 7.74. The van der Waals surface area contributed by atoms with Gasteiger partial charge in [0.1, 0.15) is 6.54 Å². The number of carboxylic acids is 1. The van der Waals surface area contributed by atoms with Crippen molar-refractivity contribution in [3.63, 3.8) is 0 Å². The molecule has 0 aromatic heterocycles. The summed E-state index contributed by atoms with van der Waals surface area (Å²) in [5.41, 5.74) is 0.665. The lowest BCUT2D eigenvalue weighted by Crippen LogP contribution is -2.36. The fraction of sp³-hybridized carbons (Fsp3) is 0.529. The van der Waals surface area contributed by atoms with Crippen molar-refractivity contribution >= 4 is 17.6 Å². The van der Waals surface area contributed by atoms with Gasteiger partial charge in [-0.25, -0.2) is 0 Å². The van der Waals surface area contributed by atoms with Gasteiger partial charge in [0.05, 0.1) is 0 Å².